The Morgan fingerprint density at radius 3 is 2.24 bits per heavy atom. The maximum absolute atomic E-state index is 14.8. The second-order valence-electron chi connectivity index (χ2n) is 8.06. The van der Waals surface area contributed by atoms with Crippen LogP contribution in [-0.2, 0) is 0 Å². The fraction of sp³-hybridized carbons (Fsp3) is 0.192. The number of rotatable bonds is 5. The number of halogens is 1. The molecule has 2 amide bonds. The van der Waals surface area contributed by atoms with Gasteiger partial charge in [0.25, 0.3) is 11.8 Å². The van der Waals surface area contributed by atoms with Crippen molar-refractivity contribution in [2.24, 2.45) is 0 Å². The van der Waals surface area contributed by atoms with Gasteiger partial charge in [0.05, 0.1) is 16.8 Å². The quantitative estimate of drug-likeness (QED) is 0.380. The highest BCUT2D eigenvalue weighted by Gasteiger charge is 2.20. The fourth-order valence-electron chi connectivity index (χ4n) is 3.78. The van der Waals surface area contributed by atoms with E-state index in [4.69, 9.17) is 5.41 Å². The Balaban J connectivity index is 1.50. The molecule has 1 heterocycles. The highest BCUT2D eigenvalue weighted by atomic mass is 19.1. The standard InChI is InChI=1S/C26H25FN4O2/c1-17-8-11-19(12-9-17)29-26(33)21-6-2-3-7-23(21)30-25(32)20-13-10-18(16-22(20)27)24(28)31-14-4-5-15-31/h2-3,6-13,16,28H,4-5,14-15H2,1H3,(H,29,33)(H,30,32). The minimum Gasteiger partial charge on any atom is -0.357 e. The summed E-state index contributed by atoms with van der Waals surface area (Å²) in [5, 5.41) is 13.7. The van der Waals surface area contributed by atoms with Gasteiger partial charge in [-0.05, 0) is 56.2 Å². The SMILES string of the molecule is Cc1ccc(NC(=O)c2ccccc2NC(=O)c2ccc(C(=N)N3CCCC3)cc2F)cc1. The summed E-state index contributed by atoms with van der Waals surface area (Å²) < 4.78 is 14.8. The molecule has 7 heteroatoms. The first kappa shape index (κ1) is 22.2. The molecule has 4 rings (SSSR count). The van der Waals surface area contributed by atoms with Crippen LogP contribution in [-0.4, -0.2) is 35.6 Å². The first-order valence-corrected chi connectivity index (χ1v) is 10.8. The molecule has 0 spiro atoms. The van der Waals surface area contributed by atoms with Crippen molar-refractivity contribution in [2.75, 3.05) is 23.7 Å². The van der Waals surface area contributed by atoms with E-state index in [2.05, 4.69) is 10.6 Å². The predicted octanol–water partition coefficient (Wildman–Crippen LogP) is 5.06. The van der Waals surface area contributed by atoms with E-state index >= 15 is 0 Å². The Labute approximate surface area is 191 Å². The topological polar surface area (TPSA) is 85.3 Å². The number of aryl methyl sites for hydroxylation is 1. The lowest BCUT2D eigenvalue weighted by atomic mass is 10.1. The van der Waals surface area contributed by atoms with Crippen LogP contribution in [0, 0.1) is 18.2 Å². The molecule has 0 atom stereocenters. The van der Waals surface area contributed by atoms with Gasteiger partial charge in [-0.2, -0.15) is 0 Å². The van der Waals surface area contributed by atoms with Gasteiger partial charge in [0.15, 0.2) is 0 Å². The number of para-hydroxylation sites is 1. The van der Waals surface area contributed by atoms with Crippen LogP contribution in [0.15, 0.2) is 66.7 Å². The van der Waals surface area contributed by atoms with Crippen molar-refractivity contribution < 1.29 is 14.0 Å². The molecule has 1 aliphatic rings. The van der Waals surface area contributed by atoms with E-state index < -0.39 is 11.7 Å². The first-order chi connectivity index (χ1) is 15.9. The normalized spacial score (nSPS) is 13.0. The highest BCUT2D eigenvalue weighted by Crippen LogP contribution is 2.21. The molecule has 1 fully saturated rings. The maximum Gasteiger partial charge on any atom is 0.258 e. The molecule has 33 heavy (non-hydrogen) atoms. The second-order valence-corrected chi connectivity index (χ2v) is 8.06. The minimum atomic E-state index is -0.712. The number of nitrogens with one attached hydrogen (secondary N) is 3. The highest BCUT2D eigenvalue weighted by molar-refractivity contribution is 6.12. The first-order valence-electron chi connectivity index (χ1n) is 10.8. The van der Waals surface area contributed by atoms with Crippen molar-refractivity contribution in [3.05, 3.63) is 94.8 Å². The lowest BCUT2D eigenvalue weighted by Gasteiger charge is -2.19. The number of nitrogens with zero attached hydrogens (tertiary/aromatic N) is 1. The lowest BCUT2D eigenvalue weighted by molar-refractivity contribution is 0.102. The summed E-state index contributed by atoms with van der Waals surface area (Å²) in [7, 11) is 0. The van der Waals surface area contributed by atoms with E-state index in [0.29, 0.717) is 11.3 Å². The predicted molar refractivity (Wildman–Crippen MR) is 128 cm³/mol. The van der Waals surface area contributed by atoms with Gasteiger partial charge >= 0.3 is 0 Å². The fourth-order valence-corrected chi connectivity index (χ4v) is 3.78. The van der Waals surface area contributed by atoms with Crippen LogP contribution in [0.1, 0.15) is 44.7 Å². The molecule has 0 radical (unpaired) electrons. The molecule has 0 aromatic heterocycles. The largest absolute Gasteiger partial charge is 0.357 e. The molecule has 0 unspecified atom stereocenters. The van der Waals surface area contributed by atoms with Crippen molar-refractivity contribution in [3.8, 4) is 0 Å². The number of carbonyl (C=O) groups excluding carboxylic acids is 2. The molecule has 0 bridgehead atoms. The van der Waals surface area contributed by atoms with E-state index in [0.717, 1.165) is 31.5 Å². The molecule has 1 aliphatic heterocycles. The average Bonchev–Trinajstić information content (AvgIpc) is 3.35. The van der Waals surface area contributed by atoms with Crippen molar-refractivity contribution >= 4 is 29.0 Å². The number of amidine groups is 1. The van der Waals surface area contributed by atoms with Crippen molar-refractivity contribution in [2.45, 2.75) is 19.8 Å². The van der Waals surface area contributed by atoms with Crippen LogP contribution in [0.5, 0.6) is 0 Å². The molecular weight excluding hydrogens is 419 g/mol. The van der Waals surface area contributed by atoms with Gasteiger partial charge in [-0.1, -0.05) is 35.9 Å². The summed E-state index contributed by atoms with van der Waals surface area (Å²) >= 11 is 0. The molecule has 0 aliphatic carbocycles. The second kappa shape index (κ2) is 9.65. The molecule has 3 aromatic rings. The third kappa shape index (κ3) is 5.09. The van der Waals surface area contributed by atoms with Gasteiger partial charge in [-0.25, -0.2) is 4.39 Å². The molecule has 0 saturated carbocycles. The van der Waals surface area contributed by atoms with Crippen molar-refractivity contribution in [1.29, 1.82) is 5.41 Å². The summed E-state index contributed by atoms with van der Waals surface area (Å²) in [6.07, 6.45) is 2.03. The van der Waals surface area contributed by atoms with Gasteiger partial charge in [0.1, 0.15) is 11.7 Å². The molecular formula is C26H25FN4O2. The average molecular weight is 445 g/mol. The third-order valence-electron chi connectivity index (χ3n) is 5.64. The summed E-state index contributed by atoms with van der Waals surface area (Å²) in [5.41, 5.74) is 2.53. The Kier molecular flexibility index (Phi) is 6.49. The van der Waals surface area contributed by atoms with E-state index in [1.54, 1.807) is 42.5 Å². The number of benzene rings is 3. The molecule has 168 valence electrons. The lowest BCUT2D eigenvalue weighted by Crippen LogP contribution is -2.28. The monoisotopic (exact) mass is 444 g/mol. The number of carbonyl (C=O) groups is 2. The summed E-state index contributed by atoms with van der Waals surface area (Å²) in [6.45, 7) is 3.52. The Bertz CT molecular complexity index is 1200. The summed E-state index contributed by atoms with van der Waals surface area (Å²) in [4.78, 5) is 27.5. The number of hydrogen-bond acceptors (Lipinski definition) is 3. The Morgan fingerprint density at radius 1 is 0.879 bits per heavy atom. The smallest absolute Gasteiger partial charge is 0.258 e. The summed E-state index contributed by atoms with van der Waals surface area (Å²) in [6, 6.07) is 18.1. The number of hydrogen-bond donors (Lipinski definition) is 3. The Morgan fingerprint density at radius 2 is 1.55 bits per heavy atom. The van der Waals surface area contributed by atoms with E-state index in [-0.39, 0.29) is 28.6 Å². The van der Waals surface area contributed by atoms with Gasteiger partial charge in [-0.15, -0.1) is 0 Å². The summed E-state index contributed by atoms with van der Waals surface area (Å²) in [5.74, 6) is -1.50. The number of likely N-dealkylation sites (tertiary alicyclic amines) is 1. The van der Waals surface area contributed by atoms with E-state index in [9.17, 15) is 14.0 Å². The molecule has 6 nitrogen and oxygen atoms in total. The van der Waals surface area contributed by atoms with E-state index in [1.807, 2.05) is 24.0 Å². The zero-order chi connectivity index (χ0) is 23.4. The Hall–Kier alpha value is -4.00. The van der Waals surface area contributed by atoms with Crippen LogP contribution in [0.25, 0.3) is 0 Å². The zero-order valence-corrected chi connectivity index (χ0v) is 18.3. The van der Waals surface area contributed by atoms with Crippen LogP contribution >= 0.6 is 0 Å². The van der Waals surface area contributed by atoms with Gasteiger partial charge in [0.2, 0.25) is 0 Å². The zero-order valence-electron chi connectivity index (χ0n) is 18.3. The number of amides is 2. The van der Waals surface area contributed by atoms with Crippen molar-refractivity contribution in [3.63, 3.8) is 0 Å². The van der Waals surface area contributed by atoms with E-state index in [1.165, 1.54) is 12.1 Å². The van der Waals surface area contributed by atoms with Gasteiger partial charge in [-0.3, -0.25) is 15.0 Å². The van der Waals surface area contributed by atoms with Crippen LogP contribution in [0.4, 0.5) is 15.8 Å². The molecule has 3 N–H and O–H groups in total. The van der Waals surface area contributed by atoms with Gasteiger partial charge < -0.3 is 15.5 Å². The van der Waals surface area contributed by atoms with Crippen molar-refractivity contribution in [1.82, 2.24) is 4.90 Å². The van der Waals surface area contributed by atoms with Crippen LogP contribution < -0.4 is 10.6 Å². The van der Waals surface area contributed by atoms with Gasteiger partial charge in [0, 0.05) is 24.3 Å². The minimum absolute atomic E-state index is 0.151. The van der Waals surface area contributed by atoms with Crippen LogP contribution in [0.2, 0.25) is 0 Å². The van der Waals surface area contributed by atoms with Crippen LogP contribution in [0.3, 0.4) is 0 Å². The number of anilines is 2. The molecule has 3 aromatic carbocycles. The maximum atomic E-state index is 14.8. The molecule has 1 saturated heterocycles. The third-order valence-corrected chi connectivity index (χ3v) is 5.64.